The molecule has 2 aliphatic rings. The third kappa shape index (κ3) is 3.45. The van der Waals surface area contributed by atoms with E-state index in [0.29, 0.717) is 5.92 Å². The monoisotopic (exact) mass is 373 g/mol. The Balaban J connectivity index is 1.74. The van der Waals surface area contributed by atoms with E-state index in [-0.39, 0.29) is 11.6 Å². The molecule has 0 radical (unpaired) electrons. The van der Waals surface area contributed by atoms with Gasteiger partial charge < -0.3 is 15.2 Å². The molecular weight excluding hydrogens is 354 g/mol. The normalized spacial score (nSPS) is 26.7. The highest BCUT2D eigenvalue weighted by molar-refractivity contribution is 9.10. The zero-order valence-electron chi connectivity index (χ0n) is 12.0. The van der Waals surface area contributed by atoms with E-state index in [9.17, 15) is 0 Å². The lowest BCUT2D eigenvalue weighted by Crippen LogP contribution is -2.46. The molecule has 3 rings (SSSR count). The van der Waals surface area contributed by atoms with Gasteiger partial charge in [0.05, 0.1) is 10.6 Å². The van der Waals surface area contributed by atoms with Crippen LogP contribution in [0.15, 0.2) is 22.7 Å². The van der Waals surface area contributed by atoms with E-state index < -0.39 is 0 Å². The van der Waals surface area contributed by atoms with E-state index in [2.05, 4.69) is 22.0 Å². The second kappa shape index (κ2) is 6.55. The minimum atomic E-state index is -0.0159. The van der Waals surface area contributed by atoms with Gasteiger partial charge in [0.15, 0.2) is 0 Å². The van der Waals surface area contributed by atoms with Gasteiger partial charge in [-0.25, -0.2) is 0 Å². The van der Waals surface area contributed by atoms with Gasteiger partial charge in [-0.1, -0.05) is 17.7 Å². The molecule has 1 aromatic carbocycles. The van der Waals surface area contributed by atoms with Crippen LogP contribution in [0.25, 0.3) is 0 Å². The first-order valence-electron chi connectivity index (χ1n) is 7.52. The molecule has 1 aromatic rings. The van der Waals surface area contributed by atoms with Crippen LogP contribution in [0.1, 0.15) is 37.3 Å². The van der Waals surface area contributed by atoms with E-state index in [4.69, 9.17) is 26.8 Å². The van der Waals surface area contributed by atoms with Gasteiger partial charge in [-0.05, 0) is 65.2 Å². The fourth-order valence-electron chi connectivity index (χ4n) is 3.46. The first-order chi connectivity index (χ1) is 10.1. The molecule has 0 aromatic heterocycles. The molecule has 2 saturated heterocycles. The molecule has 0 saturated carbocycles. The highest BCUT2D eigenvalue weighted by Crippen LogP contribution is 2.41. The second-order valence-corrected chi connectivity index (χ2v) is 7.36. The van der Waals surface area contributed by atoms with Crippen molar-refractivity contribution in [3.63, 3.8) is 0 Å². The molecule has 0 bridgehead atoms. The lowest BCUT2D eigenvalue weighted by molar-refractivity contribution is -0.149. The van der Waals surface area contributed by atoms with Gasteiger partial charge in [0, 0.05) is 30.3 Å². The van der Waals surface area contributed by atoms with Crippen LogP contribution in [0, 0.1) is 5.92 Å². The van der Waals surface area contributed by atoms with Crippen molar-refractivity contribution < 1.29 is 9.47 Å². The van der Waals surface area contributed by atoms with Crippen molar-refractivity contribution >= 4 is 27.5 Å². The van der Waals surface area contributed by atoms with Crippen LogP contribution in [0.5, 0.6) is 0 Å². The largest absolute Gasteiger partial charge is 0.381 e. The van der Waals surface area contributed by atoms with Crippen molar-refractivity contribution in [3.05, 3.63) is 33.3 Å². The zero-order chi connectivity index (χ0) is 14.9. The van der Waals surface area contributed by atoms with Crippen LogP contribution in [0.3, 0.4) is 0 Å². The summed E-state index contributed by atoms with van der Waals surface area (Å²) in [4.78, 5) is 0. The Morgan fingerprint density at radius 2 is 2.05 bits per heavy atom. The highest BCUT2D eigenvalue weighted by Gasteiger charge is 2.40. The molecule has 2 N–H and O–H groups in total. The number of halogens is 2. The number of hydrogen-bond donors (Lipinski definition) is 1. The van der Waals surface area contributed by atoms with Gasteiger partial charge in [-0.2, -0.15) is 0 Å². The molecule has 21 heavy (non-hydrogen) atoms. The van der Waals surface area contributed by atoms with Gasteiger partial charge >= 0.3 is 0 Å². The third-order valence-corrected chi connectivity index (χ3v) is 6.00. The van der Waals surface area contributed by atoms with Crippen molar-refractivity contribution in [2.75, 3.05) is 19.8 Å². The summed E-state index contributed by atoms with van der Waals surface area (Å²) in [6.45, 7) is 2.39. The van der Waals surface area contributed by atoms with Gasteiger partial charge in [0.1, 0.15) is 0 Å². The molecule has 0 aliphatic carbocycles. The fourth-order valence-corrected chi connectivity index (χ4v) is 3.89. The van der Waals surface area contributed by atoms with Crippen LogP contribution in [0.2, 0.25) is 5.02 Å². The lowest BCUT2D eigenvalue weighted by atomic mass is 9.76. The summed E-state index contributed by atoms with van der Waals surface area (Å²) in [5, 5.41) is 0.718. The van der Waals surface area contributed by atoms with Crippen molar-refractivity contribution in [2.24, 2.45) is 11.7 Å². The third-order valence-electron chi connectivity index (χ3n) is 4.77. The van der Waals surface area contributed by atoms with Crippen molar-refractivity contribution in [1.82, 2.24) is 0 Å². The van der Waals surface area contributed by atoms with Crippen LogP contribution in [0.4, 0.5) is 0 Å². The second-order valence-electron chi connectivity index (χ2n) is 6.10. The fraction of sp³-hybridized carbons (Fsp3) is 0.625. The Kier molecular flexibility index (Phi) is 4.91. The molecular formula is C16H21BrClNO2. The smallest absolute Gasteiger partial charge is 0.0729 e. The van der Waals surface area contributed by atoms with E-state index >= 15 is 0 Å². The van der Waals surface area contributed by atoms with E-state index in [0.717, 1.165) is 60.6 Å². The van der Waals surface area contributed by atoms with Crippen molar-refractivity contribution in [3.8, 4) is 0 Å². The number of nitrogens with two attached hydrogens (primary N) is 1. The average Bonchev–Trinajstić information content (AvgIpc) is 2.50. The average molecular weight is 375 g/mol. The van der Waals surface area contributed by atoms with Crippen molar-refractivity contribution in [1.29, 1.82) is 0 Å². The summed E-state index contributed by atoms with van der Waals surface area (Å²) in [5.74, 6) is 0.439. The Bertz CT molecular complexity index is 500. The first-order valence-corrected chi connectivity index (χ1v) is 8.69. The van der Waals surface area contributed by atoms with Gasteiger partial charge in [-0.3, -0.25) is 0 Å². The summed E-state index contributed by atoms with van der Waals surface area (Å²) in [6.07, 6.45) is 4.00. The number of hydrogen-bond acceptors (Lipinski definition) is 3. The van der Waals surface area contributed by atoms with E-state index in [1.807, 2.05) is 12.1 Å². The maximum Gasteiger partial charge on any atom is 0.0729 e. The zero-order valence-corrected chi connectivity index (χ0v) is 14.3. The summed E-state index contributed by atoms with van der Waals surface area (Å²) in [7, 11) is 0. The Morgan fingerprint density at radius 3 is 2.76 bits per heavy atom. The molecule has 5 heteroatoms. The van der Waals surface area contributed by atoms with Crippen molar-refractivity contribution in [2.45, 2.75) is 37.3 Å². The van der Waals surface area contributed by atoms with Crippen LogP contribution < -0.4 is 5.73 Å². The van der Waals surface area contributed by atoms with Gasteiger partial charge in [-0.15, -0.1) is 0 Å². The summed E-state index contributed by atoms with van der Waals surface area (Å²) in [6, 6.07) is 6.02. The highest BCUT2D eigenvalue weighted by atomic mass is 79.9. The van der Waals surface area contributed by atoms with Crippen LogP contribution >= 0.6 is 27.5 Å². The maximum atomic E-state index is 6.52. The predicted molar refractivity (Wildman–Crippen MR) is 87.5 cm³/mol. The Morgan fingerprint density at radius 1 is 1.29 bits per heavy atom. The maximum absolute atomic E-state index is 6.52. The molecule has 3 nitrogen and oxygen atoms in total. The Hall–Kier alpha value is -0.130. The topological polar surface area (TPSA) is 44.5 Å². The van der Waals surface area contributed by atoms with Gasteiger partial charge in [0.2, 0.25) is 0 Å². The summed E-state index contributed by atoms with van der Waals surface area (Å²) in [5.41, 5.74) is 7.61. The lowest BCUT2D eigenvalue weighted by Gasteiger charge is -2.44. The van der Waals surface area contributed by atoms with Crippen LogP contribution in [-0.4, -0.2) is 25.4 Å². The standard InChI is InChI=1S/C16H21BrClNO2/c17-13-2-1-11(9-14(13)18)15(19)12-3-6-21-16(10-12)4-7-20-8-5-16/h1-2,9,12,15H,3-8,10,19H2. The number of benzene rings is 1. The molecule has 116 valence electrons. The Labute approximate surface area is 139 Å². The van der Waals surface area contributed by atoms with E-state index in [1.54, 1.807) is 0 Å². The minimum absolute atomic E-state index is 0.0132. The SMILES string of the molecule is NC(c1ccc(Br)c(Cl)c1)C1CCOC2(CCOCC2)C1. The molecule has 1 spiro atoms. The molecule has 2 unspecified atom stereocenters. The minimum Gasteiger partial charge on any atom is -0.381 e. The number of rotatable bonds is 2. The van der Waals surface area contributed by atoms with Crippen LogP contribution in [-0.2, 0) is 9.47 Å². The van der Waals surface area contributed by atoms with Gasteiger partial charge in [0.25, 0.3) is 0 Å². The molecule has 2 atom stereocenters. The molecule has 2 aliphatic heterocycles. The van der Waals surface area contributed by atoms with E-state index in [1.165, 1.54) is 0 Å². The molecule has 2 fully saturated rings. The molecule has 2 heterocycles. The number of ether oxygens (including phenoxy) is 2. The summed E-state index contributed by atoms with van der Waals surface area (Å²) < 4.78 is 12.5. The quantitative estimate of drug-likeness (QED) is 0.848. The first kappa shape index (κ1) is 15.8. The summed E-state index contributed by atoms with van der Waals surface area (Å²) >= 11 is 9.62. The molecule has 0 amide bonds. The predicted octanol–water partition coefficient (Wildman–Crippen LogP) is 4.08.